The summed E-state index contributed by atoms with van der Waals surface area (Å²) in [6, 6.07) is 15.6. The molecule has 0 radical (unpaired) electrons. The van der Waals surface area contributed by atoms with E-state index in [1.807, 2.05) is 48.5 Å². The molecule has 1 N–H and O–H groups in total. The average Bonchev–Trinajstić information content (AvgIpc) is 2.92. The van der Waals surface area contributed by atoms with Gasteiger partial charge in [-0.15, -0.1) is 11.3 Å². The molecule has 1 heterocycles. The summed E-state index contributed by atoms with van der Waals surface area (Å²) in [5.41, 5.74) is 1.07. The molecule has 0 saturated carbocycles. The number of nitrogens with one attached hydrogen (secondary N) is 1. The van der Waals surface area contributed by atoms with Gasteiger partial charge in [0.2, 0.25) is 0 Å². The number of thiophene rings is 1. The SMILES string of the molecule is COc1ccccc1CCNC(=O)c1sc2ccccc2c1Cl. The van der Waals surface area contributed by atoms with Gasteiger partial charge in [-0.25, -0.2) is 0 Å². The van der Waals surface area contributed by atoms with E-state index in [4.69, 9.17) is 16.3 Å². The average molecular weight is 346 g/mol. The van der Waals surface area contributed by atoms with E-state index >= 15 is 0 Å². The first-order valence-corrected chi connectivity index (χ1v) is 8.47. The van der Waals surface area contributed by atoms with Gasteiger partial charge in [0.1, 0.15) is 10.6 Å². The minimum atomic E-state index is -0.133. The fraction of sp³-hybridized carbons (Fsp3) is 0.167. The fourth-order valence-electron chi connectivity index (χ4n) is 2.46. The number of para-hydroxylation sites is 1. The Balaban J connectivity index is 1.68. The van der Waals surface area contributed by atoms with Gasteiger partial charge in [0.25, 0.3) is 5.91 Å². The molecule has 3 aromatic rings. The number of amides is 1. The number of halogens is 1. The second-order valence-electron chi connectivity index (χ2n) is 5.06. The van der Waals surface area contributed by atoms with Crippen molar-refractivity contribution in [3.63, 3.8) is 0 Å². The number of benzene rings is 2. The summed E-state index contributed by atoms with van der Waals surface area (Å²) in [7, 11) is 1.65. The maximum absolute atomic E-state index is 12.4. The smallest absolute Gasteiger partial charge is 0.262 e. The Labute approximate surface area is 143 Å². The number of ether oxygens (including phenoxy) is 1. The molecule has 5 heteroatoms. The summed E-state index contributed by atoms with van der Waals surface area (Å²) in [4.78, 5) is 12.9. The van der Waals surface area contributed by atoms with Gasteiger partial charge < -0.3 is 10.1 Å². The summed E-state index contributed by atoms with van der Waals surface area (Å²) < 4.78 is 6.34. The van der Waals surface area contributed by atoms with Crippen LogP contribution in [0.4, 0.5) is 0 Å². The Hall–Kier alpha value is -2.04. The Morgan fingerprint density at radius 1 is 1.17 bits per heavy atom. The summed E-state index contributed by atoms with van der Waals surface area (Å²) in [6.07, 6.45) is 0.707. The van der Waals surface area contributed by atoms with E-state index in [1.165, 1.54) is 11.3 Å². The van der Waals surface area contributed by atoms with E-state index in [9.17, 15) is 4.79 Å². The van der Waals surface area contributed by atoms with Crippen LogP contribution in [0.1, 0.15) is 15.2 Å². The Kier molecular flexibility index (Phi) is 4.84. The van der Waals surface area contributed by atoms with Crippen LogP contribution in [0.25, 0.3) is 10.1 Å². The van der Waals surface area contributed by atoms with Crippen LogP contribution in [0.15, 0.2) is 48.5 Å². The van der Waals surface area contributed by atoms with Crippen LogP contribution in [0.5, 0.6) is 5.75 Å². The van der Waals surface area contributed by atoms with Gasteiger partial charge in [-0.2, -0.15) is 0 Å². The number of rotatable bonds is 5. The number of carbonyl (C=O) groups is 1. The van der Waals surface area contributed by atoms with Crippen molar-refractivity contribution in [2.24, 2.45) is 0 Å². The number of hydrogen-bond donors (Lipinski definition) is 1. The lowest BCUT2D eigenvalue weighted by atomic mass is 10.1. The predicted molar refractivity (Wildman–Crippen MR) is 95.9 cm³/mol. The lowest BCUT2D eigenvalue weighted by Gasteiger charge is -2.08. The lowest BCUT2D eigenvalue weighted by molar-refractivity contribution is 0.0958. The summed E-state index contributed by atoms with van der Waals surface area (Å²) in [6.45, 7) is 0.532. The molecule has 0 aliphatic carbocycles. The van der Waals surface area contributed by atoms with Crippen molar-refractivity contribution in [1.29, 1.82) is 0 Å². The number of fused-ring (bicyclic) bond motifs is 1. The van der Waals surface area contributed by atoms with Crippen molar-refractivity contribution < 1.29 is 9.53 Å². The molecule has 0 bridgehead atoms. The predicted octanol–water partition coefficient (Wildman–Crippen LogP) is 4.54. The Morgan fingerprint density at radius 2 is 1.91 bits per heavy atom. The third-order valence-electron chi connectivity index (χ3n) is 3.61. The van der Waals surface area contributed by atoms with Crippen LogP contribution in [-0.2, 0) is 6.42 Å². The largest absolute Gasteiger partial charge is 0.496 e. The van der Waals surface area contributed by atoms with E-state index in [0.29, 0.717) is 22.9 Å². The molecule has 0 saturated heterocycles. The van der Waals surface area contributed by atoms with Crippen molar-refractivity contribution >= 4 is 38.9 Å². The molecule has 118 valence electrons. The molecule has 0 aliphatic rings. The normalized spacial score (nSPS) is 10.7. The topological polar surface area (TPSA) is 38.3 Å². The van der Waals surface area contributed by atoms with E-state index in [0.717, 1.165) is 21.4 Å². The van der Waals surface area contributed by atoms with Crippen LogP contribution in [-0.4, -0.2) is 19.6 Å². The number of hydrogen-bond acceptors (Lipinski definition) is 3. The number of methoxy groups -OCH3 is 1. The minimum Gasteiger partial charge on any atom is -0.496 e. The second-order valence-corrected chi connectivity index (χ2v) is 6.49. The van der Waals surface area contributed by atoms with Gasteiger partial charge in [-0.1, -0.05) is 48.0 Å². The van der Waals surface area contributed by atoms with Gasteiger partial charge in [-0.3, -0.25) is 4.79 Å². The van der Waals surface area contributed by atoms with Gasteiger partial charge in [0, 0.05) is 16.6 Å². The van der Waals surface area contributed by atoms with Crippen molar-refractivity contribution in [1.82, 2.24) is 5.32 Å². The molecule has 0 fully saturated rings. The highest BCUT2D eigenvalue weighted by atomic mass is 35.5. The molecule has 1 aromatic heterocycles. The van der Waals surface area contributed by atoms with E-state index in [1.54, 1.807) is 7.11 Å². The monoisotopic (exact) mass is 345 g/mol. The number of carbonyl (C=O) groups excluding carboxylic acids is 1. The molecular formula is C18H16ClNO2S. The van der Waals surface area contributed by atoms with Crippen LogP contribution in [0, 0.1) is 0 Å². The van der Waals surface area contributed by atoms with Gasteiger partial charge >= 0.3 is 0 Å². The highest BCUT2D eigenvalue weighted by Gasteiger charge is 2.16. The van der Waals surface area contributed by atoms with Crippen molar-refractivity contribution in [3.8, 4) is 5.75 Å². The quantitative estimate of drug-likeness (QED) is 0.737. The standard InChI is InChI=1S/C18H16ClNO2S/c1-22-14-8-4-2-6-12(14)10-11-20-18(21)17-16(19)13-7-3-5-9-15(13)23-17/h2-9H,10-11H2,1H3,(H,20,21). The third-order valence-corrected chi connectivity index (χ3v) is 5.29. The first-order chi connectivity index (χ1) is 11.2. The molecule has 3 nitrogen and oxygen atoms in total. The van der Waals surface area contributed by atoms with E-state index < -0.39 is 0 Å². The lowest BCUT2D eigenvalue weighted by Crippen LogP contribution is -2.25. The third kappa shape index (κ3) is 3.33. The molecule has 23 heavy (non-hydrogen) atoms. The Bertz CT molecular complexity index is 844. The Morgan fingerprint density at radius 3 is 2.70 bits per heavy atom. The van der Waals surface area contributed by atoms with E-state index in [2.05, 4.69) is 5.32 Å². The maximum atomic E-state index is 12.4. The zero-order valence-electron chi connectivity index (χ0n) is 12.6. The van der Waals surface area contributed by atoms with Crippen LogP contribution in [0.3, 0.4) is 0 Å². The van der Waals surface area contributed by atoms with Gasteiger partial charge in [-0.05, 0) is 24.1 Å². The van der Waals surface area contributed by atoms with E-state index in [-0.39, 0.29) is 5.91 Å². The zero-order chi connectivity index (χ0) is 16.2. The maximum Gasteiger partial charge on any atom is 0.262 e. The van der Waals surface area contributed by atoms with Crippen molar-refractivity contribution in [2.75, 3.05) is 13.7 Å². The molecule has 0 atom stereocenters. The summed E-state index contributed by atoms with van der Waals surface area (Å²) in [5, 5.41) is 4.39. The van der Waals surface area contributed by atoms with Crippen molar-refractivity contribution in [3.05, 3.63) is 64.0 Å². The highest BCUT2D eigenvalue weighted by molar-refractivity contribution is 7.21. The molecular weight excluding hydrogens is 330 g/mol. The molecule has 2 aromatic carbocycles. The molecule has 1 amide bonds. The molecule has 0 aliphatic heterocycles. The van der Waals surface area contributed by atoms with Gasteiger partial charge in [0.05, 0.1) is 12.1 Å². The van der Waals surface area contributed by atoms with Crippen LogP contribution in [0.2, 0.25) is 5.02 Å². The first kappa shape index (κ1) is 15.8. The summed E-state index contributed by atoms with van der Waals surface area (Å²) in [5.74, 6) is 0.702. The summed E-state index contributed by atoms with van der Waals surface area (Å²) >= 11 is 7.74. The highest BCUT2D eigenvalue weighted by Crippen LogP contribution is 2.34. The second kappa shape index (κ2) is 7.02. The molecule has 0 unspecified atom stereocenters. The van der Waals surface area contributed by atoms with Crippen molar-refractivity contribution in [2.45, 2.75) is 6.42 Å². The molecule has 0 spiro atoms. The van der Waals surface area contributed by atoms with Crippen LogP contribution >= 0.6 is 22.9 Å². The first-order valence-electron chi connectivity index (χ1n) is 7.28. The fourth-order valence-corrected chi connectivity index (χ4v) is 3.89. The zero-order valence-corrected chi connectivity index (χ0v) is 14.2. The minimum absolute atomic E-state index is 0.133. The van der Waals surface area contributed by atoms with Crippen LogP contribution < -0.4 is 10.1 Å². The molecule has 3 rings (SSSR count). The van der Waals surface area contributed by atoms with Gasteiger partial charge in [0.15, 0.2) is 0 Å².